The monoisotopic (exact) mass is 259 g/mol. The maximum Gasteiger partial charge on any atom is 0.278 e. The second kappa shape index (κ2) is 3.73. The fraction of sp³-hybridized carbons (Fsp3) is 0. The molecule has 0 radical (unpaired) electrons. The summed E-state index contributed by atoms with van der Waals surface area (Å²) in [4.78, 5) is 24.6. The van der Waals surface area contributed by atoms with Crippen LogP contribution in [0.3, 0.4) is 0 Å². The molecule has 0 fully saturated rings. The molecule has 2 heterocycles. The first-order valence-corrected chi connectivity index (χ1v) is 5.32. The second-order valence-electron chi connectivity index (χ2n) is 3.94. The first-order valence-electron chi connectivity index (χ1n) is 5.32. The van der Waals surface area contributed by atoms with E-state index in [1.165, 1.54) is 18.2 Å². The van der Waals surface area contributed by atoms with Crippen LogP contribution in [0.2, 0.25) is 0 Å². The van der Waals surface area contributed by atoms with E-state index in [0.29, 0.717) is 0 Å². The van der Waals surface area contributed by atoms with E-state index in [-0.39, 0.29) is 40.0 Å². The van der Waals surface area contributed by atoms with Gasteiger partial charge in [-0.3, -0.25) is 9.78 Å². The van der Waals surface area contributed by atoms with Crippen molar-refractivity contribution in [2.75, 3.05) is 5.73 Å². The Morgan fingerprint density at radius 2 is 1.95 bits per heavy atom. The average molecular weight is 259 g/mol. The highest BCUT2D eigenvalue weighted by molar-refractivity contribution is 5.77. The summed E-state index contributed by atoms with van der Waals surface area (Å²) in [7, 11) is 0. The van der Waals surface area contributed by atoms with Crippen LogP contribution < -0.4 is 11.3 Å². The Hall–Kier alpha value is -3.03. The van der Waals surface area contributed by atoms with Gasteiger partial charge < -0.3 is 20.9 Å². The van der Waals surface area contributed by atoms with E-state index < -0.39 is 5.56 Å². The van der Waals surface area contributed by atoms with E-state index in [0.717, 1.165) is 0 Å². The number of rotatable bonds is 1. The number of anilines is 1. The summed E-state index contributed by atoms with van der Waals surface area (Å²) in [6.45, 7) is 0. The molecule has 8 heteroatoms. The molecule has 0 aliphatic heterocycles. The summed E-state index contributed by atoms with van der Waals surface area (Å²) in [5.41, 5.74) is 5.50. The van der Waals surface area contributed by atoms with Gasteiger partial charge in [0.25, 0.3) is 5.56 Å². The van der Waals surface area contributed by atoms with Crippen LogP contribution in [0, 0.1) is 0 Å². The number of nitrogens with one attached hydrogen (secondary N) is 2. The van der Waals surface area contributed by atoms with Crippen molar-refractivity contribution >= 4 is 17.1 Å². The Labute approximate surface area is 105 Å². The van der Waals surface area contributed by atoms with Crippen molar-refractivity contribution in [2.24, 2.45) is 0 Å². The Bertz CT molecular complexity index is 836. The minimum absolute atomic E-state index is 0.0327. The fourth-order valence-electron chi connectivity index (χ4n) is 1.77. The Kier molecular flexibility index (Phi) is 2.18. The lowest BCUT2D eigenvalue weighted by Gasteiger charge is -2.00. The van der Waals surface area contributed by atoms with Crippen LogP contribution in [0.5, 0.6) is 11.5 Å². The summed E-state index contributed by atoms with van der Waals surface area (Å²) in [5, 5.41) is 19.2. The summed E-state index contributed by atoms with van der Waals surface area (Å²) < 4.78 is 0. The van der Waals surface area contributed by atoms with Gasteiger partial charge >= 0.3 is 0 Å². The number of fused-ring (bicyclic) bond motifs is 1. The third kappa shape index (κ3) is 1.75. The minimum atomic E-state index is -0.458. The van der Waals surface area contributed by atoms with E-state index >= 15 is 0 Å². The molecule has 0 unspecified atom stereocenters. The summed E-state index contributed by atoms with van der Waals surface area (Å²) in [6, 6.07) is 3.99. The quantitative estimate of drug-likeness (QED) is 0.398. The number of nitrogen functional groups attached to an aromatic ring is 1. The maximum absolute atomic E-state index is 11.6. The van der Waals surface area contributed by atoms with Gasteiger partial charge in [0, 0.05) is 0 Å². The van der Waals surface area contributed by atoms with Gasteiger partial charge in [-0.15, -0.1) is 0 Å². The number of phenolic OH excluding ortho intramolecular Hbond substituents is 2. The SMILES string of the molecule is Nc1nc2nc(-c3cc(O)ccc3O)[nH]c2c(=O)[nH]1. The molecule has 0 saturated heterocycles. The number of H-pyrrole nitrogens is 2. The van der Waals surface area contributed by atoms with Crippen LogP contribution in [-0.2, 0) is 0 Å². The molecule has 0 bridgehead atoms. The van der Waals surface area contributed by atoms with Gasteiger partial charge in [-0.2, -0.15) is 4.98 Å². The van der Waals surface area contributed by atoms with Crippen LogP contribution in [-0.4, -0.2) is 30.1 Å². The Balaban J connectivity index is 2.29. The zero-order valence-electron chi connectivity index (χ0n) is 9.51. The smallest absolute Gasteiger partial charge is 0.278 e. The highest BCUT2D eigenvalue weighted by atomic mass is 16.3. The molecule has 0 spiro atoms. The predicted molar refractivity (Wildman–Crippen MR) is 67.7 cm³/mol. The summed E-state index contributed by atoms with van der Waals surface area (Å²) in [6.07, 6.45) is 0. The van der Waals surface area contributed by atoms with E-state index in [1.807, 2.05) is 0 Å². The molecule has 0 atom stereocenters. The van der Waals surface area contributed by atoms with Gasteiger partial charge in [0.2, 0.25) is 5.95 Å². The molecule has 2 aromatic heterocycles. The Morgan fingerprint density at radius 1 is 1.16 bits per heavy atom. The van der Waals surface area contributed by atoms with Crippen molar-refractivity contribution in [3.8, 4) is 22.9 Å². The summed E-state index contributed by atoms with van der Waals surface area (Å²) in [5.74, 6) is 0.0542. The van der Waals surface area contributed by atoms with Crippen molar-refractivity contribution in [1.29, 1.82) is 0 Å². The maximum atomic E-state index is 11.6. The molecule has 0 aliphatic rings. The second-order valence-corrected chi connectivity index (χ2v) is 3.94. The van der Waals surface area contributed by atoms with Crippen molar-refractivity contribution in [1.82, 2.24) is 19.9 Å². The van der Waals surface area contributed by atoms with Gasteiger partial charge in [-0.05, 0) is 18.2 Å². The van der Waals surface area contributed by atoms with E-state index in [1.54, 1.807) is 0 Å². The number of nitrogens with zero attached hydrogens (tertiary/aromatic N) is 2. The average Bonchev–Trinajstić information content (AvgIpc) is 2.76. The number of phenols is 2. The van der Waals surface area contributed by atoms with Crippen molar-refractivity contribution in [3.63, 3.8) is 0 Å². The Morgan fingerprint density at radius 3 is 2.74 bits per heavy atom. The number of hydrogen-bond acceptors (Lipinski definition) is 6. The van der Waals surface area contributed by atoms with Crippen LogP contribution >= 0.6 is 0 Å². The van der Waals surface area contributed by atoms with Gasteiger partial charge in [0.15, 0.2) is 11.2 Å². The molecular formula is C11H9N5O3. The number of aromatic nitrogens is 4. The lowest BCUT2D eigenvalue weighted by atomic mass is 10.2. The van der Waals surface area contributed by atoms with Gasteiger partial charge in [-0.25, -0.2) is 4.98 Å². The molecule has 0 aliphatic carbocycles. The number of hydrogen-bond donors (Lipinski definition) is 5. The molecule has 3 rings (SSSR count). The highest BCUT2D eigenvalue weighted by Gasteiger charge is 2.13. The largest absolute Gasteiger partial charge is 0.508 e. The first-order chi connectivity index (χ1) is 9.04. The number of benzene rings is 1. The van der Waals surface area contributed by atoms with Crippen LogP contribution in [0.1, 0.15) is 0 Å². The fourth-order valence-corrected chi connectivity index (χ4v) is 1.77. The molecule has 6 N–H and O–H groups in total. The van der Waals surface area contributed by atoms with Gasteiger partial charge in [0.05, 0.1) is 5.56 Å². The standard InChI is InChI=1S/C11H9N5O3/c12-11-15-9-7(10(19)16-11)13-8(14-9)5-3-4(17)1-2-6(5)18/h1-3,17-18H,(H4,12,13,14,15,16,19). The van der Waals surface area contributed by atoms with Crippen molar-refractivity contribution in [3.05, 3.63) is 28.6 Å². The number of aromatic hydroxyl groups is 2. The number of nitrogens with two attached hydrogens (primary N) is 1. The van der Waals surface area contributed by atoms with Gasteiger partial charge in [-0.1, -0.05) is 0 Å². The predicted octanol–water partition coefficient (Wildman–Crippen LogP) is 0.307. The van der Waals surface area contributed by atoms with Crippen LogP contribution in [0.4, 0.5) is 5.95 Å². The third-order valence-electron chi connectivity index (χ3n) is 2.61. The molecule has 0 saturated carbocycles. The molecule has 0 amide bonds. The molecular weight excluding hydrogens is 250 g/mol. The number of imidazole rings is 1. The highest BCUT2D eigenvalue weighted by Crippen LogP contribution is 2.30. The van der Waals surface area contributed by atoms with Crippen molar-refractivity contribution < 1.29 is 10.2 Å². The molecule has 1 aromatic carbocycles. The number of aromatic amines is 2. The first kappa shape index (κ1) is 11.1. The van der Waals surface area contributed by atoms with E-state index in [2.05, 4.69) is 19.9 Å². The van der Waals surface area contributed by atoms with Gasteiger partial charge in [0.1, 0.15) is 17.3 Å². The van der Waals surface area contributed by atoms with Crippen LogP contribution in [0.25, 0.3) is 22.6 Å². The van der Waals surface area contributed by atoms with E-state index in [9.17, 15) is 15.0 Å². The van der Waals surface area contributed by atoms with Crippen LogP contribution in [0.15, 0.2) is 23.0 Å². The normalized spacial score (nSPS) is 10.9. The molecule has 3 aromatic rings. The lowest BCUT2D eigenvalue weighted by molar-refractivity contribution is 0.461. The molecule has 8 nitrogen and oxygen atoms in total. The zero-order chi connectivity index (χ0) is 13.6. The van der Waals surface area contributed by atoms with Crippen molar-refractivity contribution in [2.45, 2.75) is 0 Å². The minimum Gasteiger partial charge on any atom is -0.508 e. The summed E-state index contributed by atoms with van der Waals surface area (Å²) >= 11 is 0. The van der Waals surface area contributed by atoms with E-state index in [4.69, 9.17) is 5.73 Å². The lowest BCUT2D eigenvalue weighted by Crippen LogP contribution is -2.10. The molecule has 19 heavy (non-hydrogen) atoms. The topological polar surface area (TPSA) is 141 Å². The zero-order valence-corrected chi connectivity index (χ0v) is 9.51. The molecule has 96 valence electrons. The third-order valence-corrected chi connectivity index (χ3v) is 2.61.